The van der Waals surface area contributed by atoms with E-state index in [1.54, 1.807) is 14.2 Å². The number of hydrogen-bond acceptors (Lipinski definition) is 3. The maximum atomic E-state index is 10.00. The topological polar surface area (TPSA) is 38.7 Å². The predicted molar refractivity (Wildman–Crippen MR) is 77.9 cm³/mol. The van der Waals surface area contributed by atoms with E-state index in [-0.39, 0.29) is 11.7 Å². The van der Waals surface area contributed by atoms with Crippen molar-refractivity contribution in [1.82, 2.24) is 0 Å². The molecule has 1 atom stereocenters. The van der Waals surface area contributed by atoms with Gasteiger partial charge in [0.05, 0.1) is 6.10 Å². The second kappa shape index (κ2) is 7.22. The molecule has 0 saturated heterocycles. The van der Waals surface area contributed by atoms with Crippen LogP contribution in [0, 0.1) is 5.41 Å². The number of hydrogen-bond donors (Lipinski definition) is 1. The SMILES string of the molecule is COC(CC(O)/C=C/C1=C(C)CCCC1(C)C)OC. The molecule has 0 aromatic carbocycles. The van der Waals surface area contributed by atoms with Gasteiger partial charge in [-0.15, -0.1) is 0 Å². The number of aliphatic hydroxyl groups is 1. The summed E-state index contributed by atoms with van der Waals surface area (Å²) in [6.45, 7) is 6.74. The molecule has 0 saturated carbocycles. The zero-order valence-corrected chi connectivity index (χ0v) is 12.9. The first-order valence-electron chi connectivity index (χ1n) is 7.03. The molecule has 110 valence electrons. The van der Waals surface area contributed by atoms with E-state index in [4.69, 9.17) is 9.47 Å². The molecular weight excluding hydrogens is 240 g/mol. The van der Waals surface area contributed by atoms with Crippen LogP contribution in [0.15, 0.2) is 23.3 Å². The Labute approximate surface area is 117 Å². The largest absolute Gasteiger partial charge is 0.389 e. The summed E-state index contributed by atoms with van der Waals surface area (Å²) in [5, 5.41) is 10.00. The fourth-order valence-electron chi connectivity index (χ4n) is 2.78. The Bertz CT molecular complexity index is 338. The van der Waals surface area contributed by atoms with Gasteiger partial charge in [0.15, 0.2) is 6.29 Å². The van der Waals surface area contributed by atoms with Crippen molar-refractivity contribution in [2.75, 3.05) is 14.2 Å². The van der Waals surface area contributed by atoms with Gasteiger partial charge in [0.1, 0.15) is 0 Å². The molecular formula is C16H28O3. The van der Waals surface area contributed by atoms with E-state index in [0.29, 0.717) is 6.42 Å². The second-order valence-electron chi connectivity index (χ2n) is 5.99. The van der Waals surface area contributed by atoms with Crippen LogP contribution in [0.25, 0.3) is 0 Å². The lowest BCUT2D eigenvalue weighted by atomic mass is 9.72. The summed E-state index contributed by atoms with van der Waals surface area (Å²) in [5.41, 5.74) is 3.01. The van der Waals surface area contributed by atoms with Gasteiger partial charge in [0, 0.05) is 20.6 Å². The highest BCUT2D eigenvalue weighted by Crippen LogP contribution is 2.40. The van der Waals surface area contributed by atoms with Crippen LogP contribution >= 0.6 is 0 Å². The van der Waals surface area contributed by atoms with Gasteiger partial charge in [-0.3, -0.25) is 0 Å². The Morgan fingerprint density at radius 1 is 1.32 bits per heavy atom. The van der Waals surface area contributed by atoms with Crippen LogP contribution in [0.3, 0.4) is 0 Å². The Hall–Kier alpha value is -0.640. The zero-order valence-electron chi connectivity index (χ0n) is 12.9. The first-order valence-corrected chi connectivity index (χ1v) is 7.03. The molecule has 1 rings (SSSR count). The Kier molecular flexibility index (Phi) is 6.24. The molecule has 0 aliphatic heterocycles. The van der Waals surface area contributed by atoms with E-state index in [1.165, 1.54) is 24.0 Å². The minimum absolute atomic E-state index is 0.209. The fourth-order valence-corrected chi connectivity index (χ4v) is 2.78. The molecule has 3 nitrogen and oxygen atoms in total. The van der Waals surface area contributed by atoms with Gasteiger partial charge in [-0.2, -0.15) is 0 Å². The quantitative estimate of drug-likeness (QED) is 0.750. The maximum absolute atomic E-state index is 10.00. The molecule has 0 aromatic heterocycles. The molecule has 1 aliphatic rings. The van der Waals surface area contributed by atoms with Crippen molar-refractivity contribution in [2.24, 2.45) is 5.41 Å². The average Bonchev–Trinajstić information content (AvgIpc) is 2.34. The third-order valence-corrected chi connectivity index (χ3v) is 3.99. The van der Waals surface area contributed by atoms with Crippen molar-refractivity contribution < 1.29 is 14.6 Å². The first kappa shape index (κ1) is 16.4. The van der Waals surface area contributed by atoms with Crippen molar-refractivity contribution in [3.8, 4) is 0 Å². The molecule has 0 bridgehead atoms. The maximum Gasteiger partial charge on any atom is 0.159 e. The van der Waals surface area contributed by atoms with E-state index in [1.807, 2.05) is 6.08 Å². The summed E-state index contributed by atoms with van der Waals surface area (Å²) in [6.07, 6.45) is 7.14. The van der Waals surface area contributed by atoms with E-state index in [9.17, 15) is 5.11 Å². The zero-order chi connectivity index (χ0) is 14.5. The van der Waals surface area contributed by atoms with E-state index < -0.39 is 6.10 Å². The van der Waals surface area contributed by atoms with Crippen LogP contribution in [0.2, 0.25) is 0 Å². The van der Waals surface area contributed by atoms with Crippen LogP contribution in [-0.2, 0) is 9.47 Å². The molecule has 0 aromatic rings. The smallest absolute Gasteiger partial charge is 0.159 e. The standard InChI is InChI=1S/C16H28O3/c1-12-7-6-10-16(2,3)14(12)9-8-13(17)11-15(18-4)19-5/h8-9,13,15,17H,6-7,10-11H2,1-5H3/b9-8+. The summed E-state index contributed by atoms with van der Waals surface area (Å²) in [5.74, 6) is 0. The van der Waals surface area contributed by atoms with Crippen molar-refractivity contribution in [3.63, 3.8) is 0 Å². The van der Waals surface area contributed by atoms with Crippen LogP contribution in [0.5, 0.6) is 0 Å². The van der Waals surface area contributed by atoms with Crippen molar-refractivity contribution >= 4 is 0 Å². The Morgan fingerprint density at radius 3 is 2.47 bits per heavy atom. The molecule has 0 amide bonds. The van der Waals surface area contributed by atoms with Gasteiger partial charge in [-0.05, 0) is 37.2 Å². The minimum Gasteiger partial charge on any atom is -0.389 e. The van der Waals surface area contributed by atoms with Crippen LogP contribution < -0.4 is 0 Å². The molecule has 1 unspecified atom stereocenters. The second-order valence-corrected chi connectivity index (χ2v) is 5.99. The summed E-state index contributed by atoms with van der Waals surface area (Å²) >= 11 is 0. The summed E-state index contributed by atoms with van der Waals surface area (Å²) in [7, 11) is 3.17. The summed E-state index contributed by atoms with van der Waals surface area (Å²) in [4.78, 5) is 0. The predicted octanol–water partition coefficient (Wildman–Crippen LogP) is 3.44. The lowest BCUT2D eigenvalue weighted by Crippen LogP contribution is -2.21. The Balaban J connectivity index is 2.69. The van der Waals surface area contributed by atoms with Gasteiger partial charge in [0.2, 0.25) is 0 Å². The number of aliphatic hydroxyl groups excluding tert-OH is 1. The van der Waals surface area contributed by atoms with Crippen molar-refractivity contribution in [3.05, 3.63) is 23.3 Å². The van der Waals surface area contributed by atoms with Crippen LogP contribution in [0.4, 0.5) is 0 Å². The first-order chi connectivity index (χ1) is 8.90. The van der Waals surface area contributed by atoms with Gasteiger partial charge >= 0.3 is 0 Å². The molecule has 0 fully saturated rings. The lowest BCUT2D eigenvalue weighted by molar-refractivity contribution is -0.118. The molecule has 1 aliphatic carbocycles. The molecule has 19 heavy (non-hydrogen) atoms. The van der Waals surface area contributed by atoms with E-state index in [0.717, 1.165) is 6.42 Å². The molecule has 0 heterocycles. The van der Waals surface area contributed by atoms with Gasteiger partial charge in [0.25, 0.3) is 0 Å². The average molecular weight is 268 g/mol. The van der Waals surface area contributed by atoms with Gasteiger partial charge in [-0.1, -0.05) is 31.6 Å². The third-order valence-electron chi connectivity index (χ3n) is 3.99. The number of rotatable bonds is 6. The molecule has 1 N–H and O–H groups in total. The van der Waals surface area contributed by atoms with Crippen molar-refractivity contribution in [1.29, 1.82) is 0 Å². The molecule has 0 spiro atoms. The van der Waals surface area contributed by atoms with Crippen LogP contribution in [-0.4, -0.2) is 31.7 Å². The van der Waals surface area contributed by atoms with Crippen LogP contribution in [0.1, 0.15) is 46.5 Å². The number of allylic oxidation sites excluding steroid dienone is 3. The molecule has 0 radical (unpaired) electrons. The Morgan fingerprint density at radius 2 is 1.95 bits per heavy atom. The number of methoxy groups -OCH3 is 2. The van der Waals surface area contributed by atoms with Crippen molar-refractivity contribution in [2.45, 2.75) is 58.8 Å². The summed E-state index contributed by atoms with van der Waals surface area (Å²) < 4.78 is 10.2. The number of ether oxygens (including phenoxy) is 2. The van der Waals surface area contributed by atoms with Gasteiger partial charge in [-0.25, -0.2) is 0 Å². The highest BCUT2D eigenvalue weighted by atomic mass is 16.7. The fraction of sp³-hybridized carbons (Fsp3) is 0.750. The van der Waals surface area contributed by atoms with Gasteiger partial charge < -0.3 is 14.6 Å². The third kappa shape index (κ3) is 4.75. The van der Waals surface area contributed by atoms with E-state index >= 15 is 0 Å². The van der Waals surface area contributed by atoms with E-state index in [2.05, 4.69) is 26.8 Å². The minimum atomic E-state index is -0.539. The monoisotopic (exact) mass is 268 g/mol. The normalized spacial score (nSPS) is 21.4. The lowest BCUT2D eigenvalue weighted by Gasteiger charge is -2.33. The molecule has 3 heteroatoms. The highest BCUT2D eigenvalue weighted by molar-refractivity contribution is 5.32. The summed E-state index contributed by atoms with van der Waals surface area (Å²) in [6, 6.07) is 0. The highest BCUT2D eigenvalue weighted by Gasteiger charge is 2.26.